The zero-order valence-electron chi connectivity index (χ0n) is 10.5. The molecule has 0 saturated carbocycles. The maximum atomic E-state index is 9.65. The van der Waals surface area contributed by atoms with Crippen molar-refractivity contribution in [1.82, 2.24) is 10.2 Å². The fourth-order valence-corrected chi connectivity index (χ4v) is 3.22. The van der Waals surface area contributed by atoms with Crippen LogP contribution in [-0.2, 0) is 0 Å². The molecule has 0 aromatic carbocycles. The van der Waals surface area contributed by atoms with Crippen molar-refractivity contribution in [2.24, 2.45) is 5.92 Å². The van der Waals surface area contributed by atoms with Gasteiger partial charge in [-0.3, -0.25) is 0 Å². The van der Waals surface area contributed by atoms with Crippen molar-refractivity contribution < 1.29 is 5.11 Å². The lowest BCUT2D eigenvalue weighted by Crippen LogP contribution is -2.53. The van der Waals surface area contributed by atoms with Crippen molar-refractivity contribution in [1.29, 1.82) is 0 Å². The summed E-state index contributed by atoms with van der Waals surface area (Å²) in [4.78, 5) is 2.41. The molecule has 1 atom stereocenters. The third kappa shape index (κ3) is 2.96. The fourth-order valence-electron chi connectivity index (χ4n) is 3.22. The Bertz CT molecular complexity index is 206. The molecule has 3 heteroatoms. The van der Waals surface area contributed by atoms with Gasteiger partial charge >= 0.3 is 0 Å². The van der Waals surface area contributed by atoms with Crippen molar-refractivity contribution in [3.63, 3.8) is 0 Å². The van der Waals surface area contributed by atoms with E-state index in [0.717, 1.165) is 18.9 Å². The van der Waals surface area contributed by atoms with Gasteiger partial charge in [-0.25, -0.2) is 0 Å². The highest BCUT2D eigenvalue weighted by atomic mass is 16.3. The highest BCUT2D eigenvalue weighted by Crippen LogP contribution is 2.31. The third-order valence-corrected chi connectivity index (χ3v) is 4.40. The van der Waals surface area contributed by atoms with Crippen molar-refractivity contribution >= 4 is 0 Å². The average Bonchev–Trinajstić information content (AvgIpc) is 2.33. The minimum absolute atomic E-state index is 0.0544. The number of nitrogens with zero attached hydrogens (tertiary/aromatic N) is 1. The van der Waals surface area contributed by atoms with Gasteiger partial charge in [0.1, 0.15) is 0 Å². The van der Waals surface area contributed by atoms with Crippen LogP contribution < -0.4 is 5.32 Å². The summed E-state index contributed by atoms with van der Waals surface area (Å²) in [5.41, 5.74) is 0.0544. The standard InChI is InChI=1S/C13H26N2O/c1-15-8-4-12(5-9-15)10-13(11-16)6-2-3-7-14-13/h12,14,16H,2-11H2,1H3. The number of aliphatic hydroxyl groups excluding tert-OH is 1. The van der Waals surface area contributed by atoms with Crippen LogP contribution in [0.1, 0.15) is 38.5 Å². The minimum Gasteiger partial charge on any atom is -0.394 e. The zero-order chi connectivity index (χ0) is 11.4. The molecule has 2 heterocycles. The number of nitrogens with one attached hydrogen (secondary N) is 1. The Morgan fingerprint density at radius 3 is 2.62 bits per heavy atom. The average molecular weight is 226 g/mol. The van der Waals surface area contributed by atoms with E-state index in [9.17, 15) is 5.11 Å². The van der Waals surface area contributed by atoms with Crippen molar-refractivity contribution in [2.75, 3.05) is 33.3 Å². The van der Waals surface area contributed by atoms with Crippen LogP contribution in [-0.4, -0.2) is 48.8 Å². The number of rotatable bonds is 3. The lowest BCUT2D eigenvalue weighted by Gasteiger charge is -2.41. The van der Waals surface area contributed by atoms with Crippen LogP contribution in [0.5, 0.6) is 0 Å². The van der Waals surface area contributed by atoms with Gasteiger partial charge in [-0.15, -0.1) is 0 Å². The summed E-state index contributed by atoms with van der Waals surface area (Å²) in [5.74, 6) is 0.814. The third-order valence-electron chi connectivity index (χ3n) is 4.40. The van der Waals surface area contributed by atoms with Gasteiger partial charge in [-0.05, 0) is 64.7 Å². The summed E-state index contributed by atoms with van der Waals surface area (Å²) in [7, 11) is 2.21. The van der Waals surface area contributed by atoms with Crippen LogP contribution in [0, 0.1) is 5.92 Å². The predicted octanol–water partition coefficient (Wildman–Crippen LogP) is 1.22. The molecule has 0 aliphatic carbocycles. The first-order chi connectivity index (χ1) is 7.74. The zero-order valence-corrected chi connectivity index (χ0v) is 10.5. The fraction of sp³-hybridized carbons (Fsp3) is 1.00. The van der Waals surface area contributed by atoms with E-state index in [1.807, 2.05) is 0 Å². The Morgan fingerprint density at radius 1 is 1.31 bits per heavy atom. The van der Waals surface area contributed by atoms with E-state index >= 15 is 0 Å². The summed E-state index contributed by atoms with van der Waals surface area (Å²) >= 11 is 0. The van der Waals surface area contributed by atoms with E-state index in [1.54, 1.807) is 0 Å². The number of piperidine rings is 2. The number of hydrogen-bond acceptors (Lipinski definition) is 3. The summed E-state index contributed by atoms with van der Waals surface area (Å²) in [6.45, 7) is 3.87. The molecule has 2 rings (SSSR count). The van der Waals surface area contributed by atoms with Crippen molar-refractivity contribution in [3.8, 4) is 0 Å². The molecule has 0 bridgehead atoms. The molecular formula is C13H26N2O. The first kappa shape index (κ1) is 12.3. The Morgan fingerprint density at radius 2 is 2.06 bits per heavy atom. The van der Waals surface area contributed by atoms with E-state index < -0.39 is 0 Å². The summed E-state index contributed by atoms with van der Waals surface area (Å²) in [5, 5.41) is 13.2. The molecule has 2 N–H and O–H groups in total. The van der Waals surface area contributed by atoms with E-state index in [2.05, 4.69) is 17.3 Å². The van der Waals surface area contributed by atoms with Crippen LogP contribution in [0.4, 0.5) is 0 Å². The number of hydrogen-bond donors (Lipinski definition) is 2. The molecule has 0 spiro atoms. The van der Waals surface area contributed by atoms with E-state index in [-0.39, 0.29) is 5.54 Å². The topological polar surface area (TPSA) is 35.5 Å². The van der Waals surface area contributed by atoms with Gasteiger partial charge in [0, 0.05) is 5.54 Å². The molecule has 2 saturated heterocycles. The maximum Gasteiger partial charge on any atom is 0.0613 e. The molecular weight excluding hydrogens is 200 g/mol. The van der Waals surface area contributed by atoms with Crippen LogP contribution in [0.25, 0.3) is 0 Å². The second-order valence-electron chi connectivity index (χ2n) is 5.77. The van der Waals surface area contributed by atoms with Crippen LogP contribution in [0.3, 0.4) is 0 Å². The van der Waals surface area contributed by atoms with Gasteiger partial charge in [0.05, 0.1) is 6.61 Å². The van der Waals surface area contributed by atoms with Gasteiger partial charge in [-0.1, -0.05) is 6.42 Å². The Kier molecular flexibility index (Phi) is 4.22. The molecule has 16 heavy (non-hydrogen) atoms. The minimum atomic E-state index is 0.0544. The maximum absolute atomic E-state index is 9.65. The van der Waals surface area contributed by atoms with Crippen LogP contribution in [0.15, 0.2) is 0 Å². The molecule has 0 aromatic heterocycles. The summed E-state index contributed by atoms with van der Waals surface area (Å²) in [6, 6.07) is 0. The molecule has 0 amide bonds. The van der Waals surface area contributed by atoms with Gasteiger partial charge in [0.15, 0.2) is 0 Å². The molecule has 2 aliphatic heterocycles. The van der Waals surface area contributed by atoms with E-state index in [1.165, 1.54) is 45.2 Å². The summed E-state index contributed by atoms with van der Waals surface area (Å²) < 4.78 is 0. The smallest absolute Gasteiger partial charge is 0.0613 e. The van der Waals surface area contributed by atoms with Crippen molar-refractivity contribution in [3.05, 3.63) is 0 Å². The highest BCUT2D eigenvalue weighted by molar-refractivity contribution is 4.93. The van der Waals surface area contributed by atoms with E-state index in [0.29, 0.717) is 6.61 Å². The first-order valence-corrected chi connectivity index (χ1v) is 6.78. The van der Waals surface area contributed by atoms with Gasteiger partial charge in [-0.2, -0.15) is 0 Å². The molecule has 2 fully saturated rings. The van der Waals surface area contributed by atoms with Crippen LogP contribution in [0.2, 0.25) is 0 Å². The Hall–Kier alpha value is -0.120. The van der Waals surface area contributed by atoms with E-state index in [4.69, 9.17) is 0 Å². The predicted molar refractivity (Wildman–Crippen MR) is 66.5 cm³/mol. The molecule has 94 valence electrons. The molecule has 2 aliphatic rings. The molecule has 0 radical (unpaired) electrons. The van der Waals surface area contributed by atoms with Crippen LogP contribution >= 0.6 is 0 Å². The summed E-state index contributed by atoms with van der Waals surface area (Å²) in [6.07, 6.45) is 7.50. The molecule has 3 nitrogen and oxygen atoms in total. The van der Waals surface area contributed by atoms with Gasteiger partial charge < -0.3 is 15.3 Å². The van der Waals surface area contributed by atoms with Crippen molar-refractivity contribution in [2.45, 2.75) is 44.1 Å². The lowest BCUT2D eigenvalue weighted by atomic mass is 9.78. The Labute approximate surface area is 99.2 Å². The molecule has 0 aromatic rings. The van der Waals surface area contributed by atoms with Gasteiger partial charge in [0.25, 0.3) is 0 Å². The second-order valence-corrected chi connectivity index (χ2v) is 5.77. The van der Waals surface area contributed by atoms with Gasteiger partial charge in [0.2, 0.25) is 0 Å². The SMILES string of the molecule is CN1CCC(CC2(CO)CCCCN2)CC1. The lowest BCUT2D eigenvalue weighted by molar-refractivity contribution is 0.0889. The highest BCUT2D eigenvalue weighted by Gasteiger charge is 2.34. The monoisotopic (exact) mass is 226 g/mol. The number of aliphatic hydroxyl groups is 1. The number of likely N-dealkylation sites (tertiary alicyclic amines) is 1. The first-order valence-electron chi connectivity index (χ1n) is 6.78. The second kappa shape index (κ2) is 5.48. The normalized spacial score (nSPS) is 34.1. The molecule has 1 unspecified atom stereocenters. The Balaban J connectivity index is 1.86. The largest absolute Gasteiger partial charge is 0.394 e. The quantitative estimate of drug-likeness (QED) is 0.759.